The van der Waals surface area contributed by atoms with E-state index in [4.69, 9.17) is 10.2 Å². The summed E-state index contributed by atoms with van der Waals surface area (Å²) in [7, 11) is 0. The molecule has 2 N–H and O–H groups in total. The summed E-state index contributed by atoms with van der Waals surface area (Å²) in [5.74, 6) is -2.87. The summed E-state index contributed by atoms with van der Waals surface area (Å²) in [6, 6.07) is 0. The number of carboxylic acids is 2. The van der Waals surface area contributed by atoms with Crippen LogP contribution >= 0.6 is 0 Å². The van der Waals surface area contributed by atoms with Crippen LogP contribution in [-0.4, -0.2) is 72.1 Å². The average molecular weight is 218 g/mol. The van der Waals surface area contributed by atoms with E-state index in [-0.39, 0.29) is 37.7 Å². The zero-order valence-electron chi connectivity index (χ0n) is 7.39. The summed E-state index contributed by atoms with van der Waals surface area (Å²) in [4.78, 5) is 18.7. The molecule has 7 heteroatoms. The van der Waals surface area contributed by atoms with Gasteiger partial charge in [-0.25, -0.2) is 0 Å². The maximum atomic E-state index is 9.34. The monoisotopic (exact) mass is 218 g/mol. The van der Waals surface area contributed by atoms with Crippen LogP contribution in [0.4, 0.5) is 0 Å². The quantitative estimate of drug-likeness (QED) is 0.454. The third kappa shape index (κ3) is 18.8. The molecule has 0 rings (SSSR count). The molecule has 0 aliphatic carbocycles. The molecular formula is C6H10CaO6. The van der Waals surface area contributed by atoms with Gasteiger partial charge in [-0.15, -0.1) is 0 Å². The van der Waals surface area contributed by atoms with Gasteiger partial charge >= 0.3 is 37.7 Å². The normalized spacial score (nSPS) is 12.6. The molecule has 0 aliphatic rings. The summed E-state index contributed by atoms with van der Waals surface area (Å²) >= 11 is 0. The van der Waals surface area contributed by atoms with Crippen LogP contribution in [0.3, 0.4) is 0 Å². The van der Waals surface area contributed by atoms with Crippen LogP contribution in [0, 0.1) is 0 Å². The van der Waals surface area contributed by atoms with E-state index in [0.717, 1.165) is 13.8 Å². The molecule has 0 spiro atoms. The van der Waals surface area contributed by atoms with Crippen LogP contribution in [-0.2, 0) is 9.59 Å². The van der Waals surface area contributed by atoms with Crippen molar-refractivity contribution in [3.8, 4) is 0 Å². The minimum absolute atomic E-state index is 0. The maximum absolute atomic E-state index is 9.34. The van der Waals surface area contributed by atoms with Crippen LogP contribution in [0.25, 0.3) is 0 Å². The Hall–Kier alpha value is 0.120. The summed E-state index contributed by atoms with van der Waals surface area (Å²) in [5.41, 5.74) is 0. The van der Waals surface area contributed by atoms with Crippen LogP contribution in [0.15, 0.2) is 0 Å². The molecule has 0 saturated carbocycles. The van der Waals surface area contributed by atoms with Crippen molar-refractivity contribution in [3.63, 3.8) is 0 Å². The zero-order valence-corrected chi connectivity index (χ0v) is 9.60. The molecule has 0 bridgehead atoms. The topological polar surface area (TPSA) is 121 Å². The Balaban J connectivity index is -0.000000143. The second kappa shape index (κ2) is 10.2. The van der Waals surface area contributed by atoms with Crippen molar-refractivity contribution >= 4 is 49.7 Å². The molecule has 0 saturated heterocycles. The predicted molar refractivity (Wildman–Crippen MR) is 39.1 cm³/mol. The summed E-state index contributed by atoms with van der Waals surface area (Å²) in [6.45, 7) is 2.27. The molecule has 0 aromatic carbocycles. The largest absolute Gasteiger partial charge is 2.00 e. The van der Waals surface area contributed by atoms with E-state index >= 15 is 0 Å². The predicted octanol–water partition coefficient (Wildman–Crippen LogP) is -4.15. The maximum Gasteiger partial charge on any atom is 2.00 e. The first kappa shape index (κ1) is 18.8. The van der Waals surface area contributed by atoms with Crippen LogP contribution in [0.5, 0.6) is 0 Å². The smallest absolute Gasteiger partial charge is 0.547 e. The number of aliphatic hydroxyl groups is 2. The van der Waals surface area contributed by atoms with E-state index in [2.05, 4.69) is 0 Å². The molecule has 0 aromatic heterocycles. The molecule has 0 aliphatic heterocycles. The van der Waals surface area contributed by atoms with Gasteiger partial charge in [0.2, 0.25) is 0 Å². The second-order valence-corrected chi connectivity index (χ2v) is 1.99. The number of rotatable bonds is 2. The molecule has 1 unspecified atom stereocenters. The zero-order chi connectivity index (χ0) is 10.3. The van der Waals surface area contributed by atoms with E-state index in [1.165, 1.54) is 0 Å². The first-order valence-electron chi connectivity index (χ1n) is 3.06. The fourth-order valence-electron chi connectivity index (χ4n) is 0. The van der Waals surface area contributed by atoms with Gasteiger partial charge in [0.25, 0.3) is 0 Å². The van der Waals surface area contributed by atoms with Gasteiger partial charge in [-0.05, 0) is 13.8 Å². The molecular weight excluding hydrogens is 208 g/mol. The minimum Gasteiger partial charge on any atom is -0.547 e. The van der Waals surface area contributed by atoms with Crippen LogP contribution in [0.2, 0.25) is 0 Å². The van der Waals surface area contributed by atoms with Crippen molar-refractivity contribution in [3.05, 3.63) is 0 Å². The number of carbonyl (C=O) groups is 2. The summed E-state index contributed by atoms with van der Waals surface area (Å²) in [5, 5.41) is 34.6. The Labute approximate surface area is 105 Å². The fraction of sp³-hybridized carbons (Fsp3) is 0.667. The van der Waals surface area contributed by atoms with Crippen LogP contribution in [0.1, 0.15) is 13.8 Å². The molecule has 6 nitrogen and oxygen atoms in total. The average Bonchev–Trinajstić information content (AvgIpc) is 1.88. The number of aliphatic hydroxyl groups excluding tert-OH is 2. The van der Waals surface area contributed by atoms with E-state index in [9.17, 15) is 19.8 Å². The van der Waals surface area contributed by atoms with Gasteiger partial charge in [0, 0.05) is 0 Å². The summed E-state index contributed by atoms with van der Waals surface area (Å²) < 4.78 is 0. The van der Waals surface area contributed by atoms with E-state index in [1.54, 1.807) is 0 Å². The Morgan fingerprint density at radius 3 is 1.08 bits per heavy atom. The van der Waals surface area contributed by atoms with Gasteiger partial charge in [0.1, 0.15) is 0 Å². The molecule has 2 atom stereocenters. The number of carbonyl (C=O) groups excluding carboxylic acids is 2. The molecule has 0 radical (unpaired) electrons. The SMILES string of the molecule is CC(O)C(=O)[O-].C[C@H](O)C(=O)[O-].[Ca+2]. The second-order valence-electron chi connectivity index (χ2n) is 1.99. The minimum atomic E-state index is -1.44. The van der Waals surface area contributed by atoms with Crippen molar-refractivity contribution < 1.29 is 30.0 Å². The van der Waals surface area contributed by atoms with E-state index in [1.807, 2.05) is 0 Å². The van der Waals surface area contributed by atoms with Gasteiger partial charge in [-0.2, -0.15) is 0 Å². The standard InChI is InChI=1S/2C3H6O3.Ca/c2*1-2(4)3(5)6;/h2*2,4H,1H3,(H,5,6);/q;;+2/p-2/t2-;;/m0../s1. The number of carboxylic acid groups (broad SMARTS) is 2. The Morgan fingerprint density at radius 1 is 1.00 bits per heavy atom. The third-order valence-electron chi connectivity index (χ3n) is 0.682. The van der Waals surface area contributed by atoms with Crippen molar-refractivity contribution in [2.75, 3.05) is 0 Å². The third-order valence-corrected chi connectivity index (χ3v) is 0.682. The van der Waals surface area contributed by atoms with Crippen LogP contribution < -0.4 is 10.2 Å². The van der Waals surface area contributed by atoms with Gasteiger partial charge in [0.05, 0.1) is 24.1 Å². The van der Waals surface area contributed by atoms with Gasteiger partial charge < -0.3 is 30.0 Å². The Morgan fingerprint density at radius 2 is 1.08 bits per heavy atom. The van der Waals surface area contributed by atoms with E-state index in [0.29, 0.717) is 0 Å². The van der Waals surface area contributed by atoms with Crippen molar-refractivity contribution in [2.45, 2.75) is 26.1 Å². The first-order chi connectivity index (χ1) is 5.29. The van der Waals surface area contributed by atoms with Crippen molar-refractivity contribution in [1.29, 1.82) is 0 Å². The number of hydrogen-bond donors (Lipinski definition) is 2. The number of hydrogen-bond acceptors (Lipinski definition) is 6. The fourth-order valence-corrected chi connectivity index (χ4v) is 0. The van der Waals surface area contributed by atoms with Gasteiger partial charge in [0.15, 0.2) is 0 Å². The molecule has 13 heavy (non-hydrogen) atoms. The molecule has 0 fully saturated rings. The first-order valence-corrected chi connectivity index (χ1v) is 3.06. The summed E-state index contributed by atoms with van der Waals surface area (Å²) in [6.07, 6.45) is -2.69. The van der Waals surface area contributed by atoms with E-state index < -0.39 is 24.1 Å². The van der Waals surface area contributed by atoms with Crippen molar-refractivity contribution in [2.24, 2.45) is 0 Å². The number of aliphatic carboxylic acids is 2. The van der Waals surface area contributed by atoms with Gasteiger partial charge in [-0.3, -0.25) is 0 Å². The van der Waals surface area contributed by atoms with Crippen molar-refractivity contribution in [1.82, 2.24) is 0 Å². The van der Waals surface area contributed by atoms with Gasteiger partial charge in [-0.1, -0.05) is 0 Å². The molecule has 0 aromatic rings. The Bertz CT molecular complexity index is 137. The molecule has 0 amide bonds. The Kier molecular flexibility index (Phi) is 14.8. The molecule has 72 valence electrons. The molecule has 0 heterocycles.